The molecule has 1 unspecified atom stereocenters. The fraction of sp³-hybridized carbons (Fsp3) is 0.545. The highest BCUT2D eigenvalue weighted by molar-refractivity contribution is 7.14. The maximum Gasteiger partial charge on any atom is 0.275 e. The van der Waals surface area contributed by atoms with Crippen LogP contribution in [0.25, 0.3) is 0 Å². The summed E-state index contributed by atoms with van der Waals surface area (Å²) in [5.41, 5.74) is 2.14. The monoisotopic (exact) mass is 255 g/mol. The van der Waals surface area contributed by atoms with Gasteiger partial charge in [0.15, 0.2) is 0 Å². The quantitative estimate of drug-likeness (QED) is 0.471. The first-order valence-electron chi connectivity index (χ1n) is 5.62. The topological polar surface area (TPSA) is 67.6 Å². The minimum Gasteiger partial charge on any atom is -0.376 e. The van der Waals surface area contributed by atoms with Gasteiger partial charge in [0.25, 0.3) is 5.91 Å². The summed E-state index contributed by atoms with van der Waals surface area (Å²) in [5, 5.41) is 0. The third-order valence-electron chi connectivity index (χ3n) is 2.72. The van der Waals surface area contributed by atoms with E-state index in [2.05, 4.69) is 17.2 Å². The smallest absolute Gasteiger partial charge is 0.275 e. The maximum atomic E-state index is 11.3. The molecule has 1 aliphatic rings. The van der Waals surface area contributed by atoms with Crippen molar-refractivity contribution in [3.05, 3.63) is 21.9 Å². The van der Waals surface area contributed by atoms with Gasteiger partial charge in [-0.05, 0) is 19.1 Å². The van der Waals surface area contributed by atoms with E-state index >= 15 is 0 Å². The van der Waals surface area contributed by atoms with Gasteiger partial charge in [0.05, 0.1) is 17.6 Å². The van der Waals surface area contributed by atoms with Crippen LogP contribution in [0, 0.1) is 0 Å². The number of hydrogen-bond donors (Lipinski definition) is 2. The fourth-order valence-electron chi connectivity index (χ4n) is 1.91. The second kappa shape index (κ2) is 5.59. The number of nitrogens with zero attached hydrogens (tertiary/aromatic N) is 1. The number of ether oxygens (including phenoxy) is 1. The van der Waals surface area contributed by atoms with Crippen molar-refractivity contribution in [2.75, 3.05) is 19.7 Å². The average molecular weight is 255 g/mol. The molecule has 1 amide bonds. The van der Waals surface area contributed by atoms with Crippen molar-refractivity contribution in [1.29, 1.82) is 0 Å². The molecule has 2 rings (SSSR count). The van der Waals surface area contributed by atoms with E-state index in [9.17, 15) is 4.79 Å². The highest BCUT2D eigenvalue weighted by Crippen LogP contribution is 2.19. The first-order chi connectivity index (χ1) is 8.19. The van der Waals surface area contributed by atoms with Crippen molar-refractivity contribution in [2.24, 2.45) is 5.84 Å². The molecule has 0 spiro atoms. The van der Waals surface area contributed by atoms with Crippen LogP contribution in [0.3, 0.4) is 0 Å². The number of hydrogen-bond acceptors (Lipinski definition) is 5. The first-order valence-corrected chi connectivity index (χ1v) is 6.44. The molecule has 94 valence electrons. The van der Waals surface area contributed by atoms with E-state index in [1.54, 1.807) is 0 Å². The van der Waals surface area contributed by atoms with Crippen molar-refractivity contribution in [2.45, 2.75) is 19.6 Å². The molecule has 5 nitrogen and oxygen atoms in total. The van der Waals surface area contributed by atoms with Crippen molar-refractivity contribution in [3.63, 3.8) is 0 Å². The van der Waals surface area contributed by atoms with Gasteiger partial charge in [-0.3, -0.25) is 15.1 Å². The summed E-state index contributed by atoms with van der Waals surface area (Å²) in [5.74, 6) is 4.87. The fourth-order valence-corrected chi connectivity index (χ4v) is 2.86. The molecule has 1 aromatic rings. The van der Waals surface area contributed by atoms with Crippen LogP contribution in [0.1, 0.15) is 21.5 Å². The second-order valence-electron chi connectivity index (χ2n) is 4.16. The SMILES string of the molecule is CC1CN(Cc2ccc(C(=O)NN)s2)CCO1. The highest BCUT2D eigenvalue weighted by atomic mass is 32.1. The zero-order chi connectivity index (χ0) is 12.3. The highest BCUT2D eigenvalue weighted by Gasteiger charge is 2.17. The molecule has 6 heteroatoms. The van der Waals surface area contributed by atoms with Crippen LogP contribution in [-0.4, -0.2) is 36.6 Å². The van der Waals surface area contributed by atoms with E-state index in [0.717, 1.165) is 26.2 Å². The van der Waals surface area contributed by atoms with Gasteiger partial charge < -0.3 is 4.74 Å². The first kappa shape index (κ1) is 12.5. The van der Waals surface area contributed by atoms with Gasteiger partial charge in [-0.25, -0.2) is 5.84 Å². The molecule has 0 aromatic carbocycles. The van der Waals surface area contributed by atoms with E-state index in [1.807, 2.05) is 12.1 Å². The lowest BCUT2D eigenvalue weighted by atomic mass is 10.3. The van der Waals surface area contributed by atoms with E-state index in [1.165, 1.54) is 16.2 Å². The number of amides is 1. The molecule has 0 saturated carbocycles. The van der Waals surface area contributed by atoms with Crippen molar-refractivity contribution < 1.29 is 9.53 Å². The Balaban J connectivity index is 1.94. The van der Waals surface area contributed by atoms with Gasteiger partial charge in [0.2, 0.25) is 0 Å². The predicted octanol–water partition coefficient (Wildman–Crippen LogP) is 0.572. The number of nitrogen functional groups attached to an aromatic ring is 1. The Morgan fingerprint density at radius 3 is 3.24 bits per heavy atom. The van der Waals surface area contributed by atoms with Gasteiger partial charge in [-0.2, -0.15) is 0 Å². The lowest BCUT2D eigenvalue weighted by Gasteiger charge is -2.30. The van der Waals surface area contributed by atoms with Crippen LogP contribution in [0.5, 0.6) is 0 Å². The van der Waals surface area contributed by atoms with Gasteiger partial charge in [-0.15, -0.1) is 11.3 Å². The minimum atomic E-state index is -0.225. The van der Waals surface area contributed by atoms with E-state index in [-0.39, 0.29) is 12.0 Å². The molecule has 1 fully saturated rings. The number of carbonyl (C=O) groups excluding carboxylic acids is 1. The van der Waals surface area contributed by atoms with Gasteiger partial charge in [0, 0.05) is 24.5 Å². The molecular formula is C11H17N3O2S. The van der Waals surface area contributed by atoms with Crippen LogP contribution >= 0.6 is 11.3 Å². The molecule has 1 saturated heterocycles. The van der Waals surface area contributed by atoms with E-state index in [0.29, 0.717) is 4.88 Å². The summed E-state index contributed by atoms with van der Waals surface area (Å²) in [6.45, 7) is 5.61. The van der Waals surface area contributed by atoms with Crippen LogP contribution in [-0.2, 0) is 11.3 Å². The average Bonchev–Trinajstić information content (AvgIpc) is 2.76. The summed E-state index contributed by atoms with van der Waals surface area (Å²) >= 11 is 1.49. The van der Waals surface area contributed by atoms with E-state index in [4.69, 9.17) is 10.6 Å². The molecule has 2 heterocycles. The molecule has 17 heavy (non-hydrogen) atoms. The number of nitrogens with two attached hydrogens (primary N) is 1. The van der Waals surface area contributed by atoms with Crippen LogP contribution < -0.4 is 11.3 Å². The molecule has 1 aromatic heterocycles. The van der Waals surface area contributed by atoms with Crippen molar-refractivity contribution in [1.82, 2.24) is 10.3 Å². The number of hydrazine groups is 1. The van der Waals surface area contributed by atoms with E-state index < -0.39 is 0 Å². The van der Waals surface area contributed by atoms with Crippen molar-refractivity contribution >= 4 is 17.2 Å². The van der Waals surface area contributed by atoms with Gasteiger partial charge in [0.1, 0.15) is 0 Å². The van der Waals surface area contributed by atoms with Crippen LogP contribution in [0.4, 0.5) is 0 Å². The summed E-state index contributed by atoms with van der Waals surface area (Å²) in [6.07, 6.45) is 0.288. The zero-order valence-electron chi connectivity index (χ0n) is 9.81. The number of rotatable bonds is 3. The lowest BCUT2D eigenvalue weighted by Crippen LogP contribution is -2.40. The molecule has 1 atom stereocenters. The number of morpholine rings is 1. The molecular weight excluding hydrogens is 238 g/mol. The number of carbonyl (C=O) groups is 1. The second-order valence-corrected chi connectivity index (χ2v) is 5.32. The summed E-state index contributed by atoms with van der Waals surface area (Å²) in [7, 11) is 0. The summed E-state index contributed by atoms with van der Waals surface area (Å²) in [4.78, 5) is 15.5. The molecule has 0 radical (unpaired) electrons. The lowest BCUT2D eigenvalue weighted by molar-refractivity contribution is -0.0208. The number of thiophene rings is 1. The molecule has 3 N–H and O–H groups in total. The Labute approximate surface area is 105 Å². The third-order valence-corrected chi connectivity index (χ3v) is 3.79. The molecule has 0 bridgehead atoms. The van der Waals surface area contributed by atoms with Crippen LogP contribution in [0.2, 0.25) is 0 Å². The largest absolute Gasteiger partial charge is 0.376 e. The predicted molar refractivity (Wildman–Crippen MR) is 66.7 cm³/mol. The van der Waals surface area contributed by atoms with Gasteiger partial charge >= 0.3 is 0 Å². The Bertz CT molecular complexity index is 394. The van der Waals surface area contributed by atoms with Crippen LogP contribution in [0.15, 0.2) is 12.1 Å². The minimum absolute atomic E-state index is 0.225. The molecule has 1 aliphatic heterocycles. The Morgan fingerprint density at radius 1 is 1.71 bits per heavy atom. The Morgan fingerprint density at radius 2 is 2.53 bits per heavy atom. The van der Waals surface area contributed by atoms with Crippen molar-refractivity contribution in [3.8, 4) is 0 Å². The maximum absolute atomic E-state index is 11.3. The zero-order valence-corrected chi connectivity index (χ0v) is 10.6. The summed E-state index contributed by atoms with van der Waals surface area (Å²) < 4.78 is 5.49. The summed E-state index contributed by atoms with van der Waals surface area (Å²) in [6, 6.07) is 3.79. The normalized spacial score (nSPS) is 21.4. The third kappa shape index (κ3) is 3.26. The standard InChI is InChI=1S/C11H17N3O2S/c1-8-6-14(4-5-16-8)7-9-2-3-10(17-9)11(15)13-12/h2-3,8H,4-7,12H2,1H3,(H,13,15). The Kier molecular flexibility index (Phi) is 4.11. The van der Waals surface area contributed by atoms with Gasteiger partial charge in [-0.1, -0.05) is 0 Å². The Hall–Kier alpha value is -0.950. The number of nitrogens with one attached hydrogen (secondary N) is 1. The molecule has 0 aliphatic carbocycles.